The van der Waals surface area contributed by atoms with E-state index >= 15 is 0 Å². The average Bonchev–Trinajstić information content (AvgIpc) is 2.89. The fourth-order valence-electron chi connectivity index (χ4n) is 2.88. The molecule has 0 atom stereocenters. The molecule has 6 heteroatoms. The maximum atomic E-state index is 5.38. The molecular weight excluding hydrogens is 582 g/mol. The zero-order chi connectivity index (χ0) is 22.8. The second-order valence-corrected chi connectivity index (χ2v) is 8.41. The molecule has 0 N–H and O–H groups in total. The fourth-order valence-corrected chi connectivity index (χ4v) is 3.90. The summed E-state index contributed by atoms with van der Waals surface area (Å²) in [4.78, 5) is 2.95. The van der Waals surface area contributed by atoms with Gasteiger partial charge in [-0.2, -0.15) is 0 Å². The van der Waals surface area contributed by atoms with E-state index in [0.717, 1.165) is 41.7 Å². The third-order valence-corrected chi connectivity index (χ3v) is 6.57. The molecule has 4 rings (SSSR count). The van der Waals surface area contributed by atoms with Crippen molar-refractivity contribution in [3.8, 4) is 0 Å². The van der Waals surface area contributed by atoms with Crippen molar-refractivity contribution in [1.82, 2.24) is 0 Å². The zero-order valence-corrected chi connectivity index (χ0v) is 23.1. The monoisotopic (exact) mass is 600 g/mol. The van der Waals surface area contributed by atoms with Crippen LogP contribution in [0, 0.1) is 0 Å². The van der Waals surface area contributed by atoms with Crippen LogP contribution in [0.25, 0.3) is 0 Å². The summed E-state index contributed by atoms with van der Waals surface area (Å²) in [6.45, 7) is 0. The Labute approximate surface area is 243 Å². The molecule has 0 nitrogen and oxygen atoms in total. The van der Waals surface area contributed by atoms with Crippen LogP contribution in [-0.2, 0) is 33.0 Å². The van der Waals surface area contributed by atoms with Gasteiger partial charge in [0.05, 0.1) is 19.5 Å². The molecular formula is C28H20Ni2S4+4. The number of thiocarbonyl (C=S) groups is 4. The molecule has 0 aliphatic rings. The van der Waals surface area contributed by atoms with Crippen LogP contribution in [0.3, 0.4) is 0 Å². The van der Waals surface area contributed by atoms with Crippen molar-refractivity contribution in [3.05, 3.63) is 144 Å². The largest absolute Gasteiger partial charge is 2.00 e. The first kappa shape index (κ1) is 30.3. The molecule has 0 heterocycles. The van der Waals surface area contributed by atoms with Crippen molar-refractivity contribution < 1.29 is 33.0 Å². The normalized spacial score (nSPS) is 9.18. The van der Waals surface area contributed by atoms with Crippen molar-refractivity contribution in [3.63, 3.8) is 0 Å². The minimum atomic E-state index is 0. The average molecular weight is 602 g/mol. The summed E-state index contributed by atoms with van der Waals surface area (Å²) < 4.78 is 0. The van der Waals surface area contributed by atoms with Gasteiger partial charge < -0.3 is 0 Å². The standard InChI is InChI=1S/2C14H10S2.2Ni/c2*15-13(11-7-3-1-4-8-11)14(16)12-9-5-2-6-10-12;;/h2*1-10H;;/q;;2*+2. The Morgan fingerprint density at radius 1 is 0.294 bits per heavy atom. The van der Waals surface area contributed by atoms with Gasteiger partial charge in [-0.1, -0.05) is 170 Å². The van der Waals surface area contributed by atoms with Crippen molar-refractivity contribution in [2.45, 2.75) is 0 Å². The van der Waals surface area contributed by atoms with Gasteiger partial charge in [-0.15, -0.1) is 0 Å². The first-order valence-corrected chi connectivity index (χ1v) is 11.6. The van der Waals surface area contributed by atoms with Gasteiger partial charge in [-0.05, 0) is 22.3 Å². The first-order valence-electron chi connectivity index (χ1n) is 9.96. The van der Waals surface area contributed by atoms with Crippen LogP contribution in [-0.4, -0.2) is 19.5 Å². The third-order valence-electron chi connectivity index (χ3n) is 4.56. The van der Waals surface area contributed by atoms with Gasteiger partial charge in [0.1, 0.15) is 0 Å². The second-order valence-electron chi connectivity index (χ2n) is 6.78. The minimum Gasteiger partial charge on any atom is -0.0778 e. The SMILES string of the molecule is S=C(C(=S)c1ccccc1)c1ccccc1.S=C(C(=S)c1ccccc1)c1ccccc1.[Ni+2].[Ni+2]. The quantitative estimate of drug-likeness (QED) is 0.126. The van der Waals surface area contributed by atoms with Gasteiger partial charge >= 0.3 is 33.0 Å². The minimum absolute atomic E-state index is 0. The number of hydrogen-bond acceptors (Lipinski definition) is 4. The Bertz CT molecular complexity index is 1010. The van der Waals surface area contributed by atoms with Gasteiger partial charge in [-0.3, -0.25) is 0 Å². The first-order chi connectivity index (χ1) is 15.6. The molecule has 0 saturated carbocycles. The van der Waals surface area contributed by atoms with Gasteiger partial charge in [0, 0.05) is 0 Å². The summed E-state index contributed by atoms with van der Waals surface area (Å²) in [6, 6.07) is 39.5. The van der Waals surface area contributed by atoms with E-state index in [4.69, 9.17) is 48.9 Å². The molecule has 0 aliphatic carbocycles. The number of benzene rings is 4. The molecule has 0 radical (unpaired) electrons. The van der Waals surface area contributed by atoms with E-state index in [2.05, 4.69) is 0 Å². The van der Waals surface area contributed by atoms with Gasteiger partial charge in [0.25, 0.3) is 0 Å². The van der Waals surface area contributed by atoms with E-state index < -0.39 is 0 Å². The summed E-state index contributed by atoms with van der Waals surface area (Å²) >= 11 is 21.5. The molecule has 0 bridgehead atoms. The van der Waals surface area contributed by atoms with Crippen molar-refractivity contribution in [2.75, 3.05) is 0 Å². The Hall–Kier alpha value is -1.77. The Morgan fingerprint density at radius 3 is 0.588 bits per heavy atom. The van der Waals surface area contributed by atoms with Crippen molar-refractivity contribution >= 4 is 68.3 Å². The van der Waals surface area contributed by atoms with Crippen LogP contribution in [0.5, 0.6) is 0 Å². The molecule has 0 aliphatic heterocycles. The Morgan fingerprint density at radius 2 is 0.441 bits per heavy atom. The van der Waals surface area contributed by atoms with Gasteiger partial charge in [-0.25, -0.2) is 0 Å². The van der Waals surface area contributed by atoms with Gasteiger partial charge in [0.2, 0.25) is 0 Å². The summed E-state index contributed by atoms with van der Waals surface area (Å²) in [5.41, 5.74) is 4.02. The van der Waals surface area contributed by atoms with E-state index in [-0.39, 0.29) is 33.0 Å². The molecule has 0 aromatic heterocycles. The summed E-state index contributed by atoms with van der Waals surface area (Å²) in [7, 11) is 0. The van der Waals surface area contributed by atoms with E-state index in [0.29, 0.717) is 0 Å². The molecule has 0 fully saturated rings. The topological polar surface area (TPSA) is 0 Å². The smallest absolute Gasteiger partial charge is 0.0778 e. The summed E-state index contributed by atoms with van der Waals surface area (Å²) in [5.74, 6) is 0. The molecule has 4 aromatic rings. The number of hydrogen-bond donors (Lipinski definition) is 0. The van der Waals surface area contributed by atoms with E-state index in [1.54, 1.807) is 0 Å². The summed E-state index contributed by atoms with van der Waals surface area (Å²) in [5, 5.41) is 0. The van der Waals surface area contributed by atoms with Gasteiger partial charge in [0.15, 0.2) is 0 Å². The molecule has 172 valence electrons. The Kier molecular flexibility index (Phi) is 14.2. The van der Waals surface area contributed by atoms with Crippen LogP contribution < -0.4 is 0 Å². The van der Waals surface area contributed by atoms with Crippen LogP contribution >= 0.6 is 48.9 Å². The van der Waals surface area contributed by atoms with E-state index in [1.165, 1.54) is 0 Å². The Balaban J connectivity index is 0.000000321. The fraction of sp³-hybridized carbons (Fsp3) is 0. The van der Waals surface area contributed by atoms with E-state index in [9.17, 15) is 0 Å². The second kappa shape index (κ2) is 16.0. The van der Waals surface area contributed by atoms with Crippen molar-refractivity contribution in [1.29, 1.82) is 0 Å². The van der Waals surface area contributed by atoms with Crippen molar-refractivity contribution in [2.24, 2.45) is 0 Å². The molecule has 0 unspecified atom stereocenters. The van der Waals surface area contributed by atoms with Crippen LogP contribution in [0.15, 0.2) is 121 Å². The predicted octanol–water partition coefficient (Wildman–Crippen LogP) is 7.64. The molecule has 0 saturated heterocycles. The zero-order valence-electron chi connectivity index (χ0n) is 17.8. The van der Waals surface area contributed by atoms with Crippen LogP contribution in [0.1, 0.15) is 22.3 Å². The molecule has 34 heavy (non-hydrogen) atoms. The maximum Gasteiger partial charge on any atom is 2.00 e. The van der Waals surface area contributed by atoms with Crippen LogP contribution in [0.2, 0.25) is 0 Å². The maximum absolute atomic E-state index is 5.38. The molecule has 0 spiro atoms. The predicted molar refractivity (Wildman–Crippen MR) is 153 cm³/mol. The number of rotatable bonds is 6. The molecule has 4 aromatic carbocycles. The van der Waals surface area contributed by atoms with E-state index in [1.807, 2.05) is 121 Å². The summed E-state index contributed by atoms with van der Waals surface area (Å²) in [6.07, 6.45) is 0. The molecule has 0 amide bonds. The third kappa shape index (κ3) is 8.78. The van der Waals surface area contributed by atoms with Crippen LogP contribution in [0.4, 0.5) is 0 Å².